The van der Waals surface area contributed by atoms with Gasteiger partial charge in [0.05, 0.1) is 18.8 Å². The van der Waals surface area contributed by atoms with Crippen molar-refractivity contribution in [2.45, 2.75) is 32.4 Å². The Morgan fingerprint density at radius 1 is 1.65 bits per heavy atom. The number of rotatable bonds is 6. The predicted octanol–water partition coefficient (Wildman–Crippen LogP) is 0.948. The summed E-state index contributed by atoms with van der Waals surface area (Å²) in [5, 5.41) is 4.34. The number of aryl methyl sites for hydroxylation is 1. The second kappa shape index (κ2) is 5.31. The van der Waals surface area contributed by atoms with Gasteiger partial charge in [0.15, 0.2) is 0 Å². The van der Waals surface area contributed by atoms with E-state index in [4.69, 9.17) is 4.74 Å². The van der Waals surface area contributed by atoms with Crippen molar-refractivity contribution in [1.82, 2.24) is 14.7 Å². The number of hydrogen-bond donors (Lipinski definition) is 0. The molecule has 1 fully saturated rings. The van der Waals surface area contributed by atoms with Crippen LogP contribution in [0.3, 0.4) is 0 Å². The molecule has 0 unspecified atom stereocenters. The number of hydrogen-bond acceptors (Lipinski definition) is 4. The second-order valence-corrected chi connectivity index (χ2v) is 4.42. The SMILES string of the molecule is CCOC(=O)CN(Cc1ccn(C)n1)C1CC1. The van der Waals surface area contributed by atoms with Gasteiger partial charge in [0.25, 0.3) is 0 Å². The van der Waals surface area contributed by atoms with Crippen LogP contribution in [-0.4, -0.2) is 39.8 Å². The molecule has 1 aliphatic rings. The molecular weight excluding hydrogens is 218 g/mol. The molecule has 0 N–H and O–H groups in total. The molecule has 94 valence electrons. The van der Waals surface area contributed by atoms with Crippen LogP contribution in [0.5, 0.6) is 0 Å². The van der Waals surface area contributed by atoms with E-state index in [-0.39, 0.29) is 5.97 Å². The highest BCUT2D eigenvalue weighted by Crippen LogP contribution is 2.27. The lowest BCUT2D eigenvalue weighted by atomic mass is 10.3. The molecule has 0 spiro atoms. The molecule has 1 saturated carbocycles. The van der Waals surface area contributed by atoms with Gasteiger partial charge in [-0.25, -0.2) is 0 Å². The standard InChI is InChI=1S/C12H19N3O2/c1-3-17-12(16)9-15(11-4-5-11)8-10-6-7-14(2)13-10/h6-7,11H,3-5,8-9H2,1-2H3. The van der Waals surface area contributed by atoms with Gasteiger partial charge in [-0.05, 0) is 25.8 Å². The molecule has 0 amide bonds. The molecule has 5 heteroatoms. The third kappa shape index (κ3) is 3.56. The normalized spacial score (nSPS) is 15.2. The van der Waals surface area contributed by atoms with E-state index in [1.54, 1.807) is 4.68 Å². The number of carbonyl (C=O) groups is 1. The Morgan fingerprint density at radius 2 is 2.41 bits per heavy atom. The van der Waals surface area contributed by atoms with Gasteiger partial charge in [-0.15, -0.1) is 0 Å². The van der Waals surface area contributed by atoms with Crippen LogP contribution < -0.4 is 0 Å². The minimum Gasteiger partial charge on any atom is -0.465 e. The van der Waals surface area contributed by atoms with E-state index in [9.17, 15) is 4.79 Å². The quantitative estimate of drug-likeness (QED) is 0.691. The van der Waals surface area contributed by atoms with E-state index >= 15 is 0 Å². The summed E-state index contributed by atoms with van der Waals surface area (Å²) in [6.07, 6.45) is 4.27. The Bertz CT molecular complexity index is 385. The zero-order chi connectivity index (χ0) is 12.3. The molecule has 0 radical (unpaired) electrons. The van der Waals surface area contributed by atoms with Crippen LogP contribution in [0.15, 0.2) is 12.3 Å². The summed E-state index contributed by atoms with van der Waals surface area (Å²) >= 11 is 0. The van der Waals surface area contributed by atoms with E-state index < -0.39 is 0 Å². The van der Waals surface area contributed by atoms with E-state index in [1.807, 2.05) is 26.2 Å². The Morgan fingerprint density at radius 3 is 2.94 bits per heavy atom. The van der Waals surface area contributed by atoms with Gasteiger partial charge in [-0.1, -0.05) is 0 Å². The maximum Gasteiger partial charge on any atom is 0.320 e. The lowest BCUT2D eigenvalue weighted by Crippen LogP contribution is -2.32. The fraction of sp³-hybridized carbons (Fsp3) is 0.667. The molecule has 0 aromatic carbocycles. The second-order valence-electron chi connectivity index (χ2n) is 4.42. The molecule has 0 aliphatic heterocycles. The van der Waals surface area contributed by atoms with Crippen molar-refractivity contribution in [2.75, 3.05) is 13.2 Å². The van der Waals surface area contributed by atoms with Crippen molar-refractivity contribution in [3.63, 3.8) is 0 Å². The van der Waals surface area contributed by atoms with Crippen LogP contribution in [0, 0.1) is 0 Å². The van der Waals surface area contributed by atoms with Crippen molar-refractivity contribution < 1.29 is 9.53 Å². The summed E-state index contributed by atoms with van der Waals surface area (Å²) < 4.78 is 6.77. The molecule has 2 rings (SSSR count). The third-order valence-electron chi connectivity index (χ3n) is 2.83. The van der Waals surface area contributed by atoms with Crippen LogP contribution in [0.2, 0.25) is 0 Å². The smallest absolute Gasteiger partial charge is 0.320 e. The fourth-order valence-corrected chi connectivity index (χ4v) is 1.88. The summed E-state index contributed by atoms with van der Waals surface area (Å²) in [7, 11) is 1.90. The summed E-state index contributed by atoms with van der Waals surface area (Å²) in [4.78, 5) is 13.6. The Hall–Kier alpha value is -1.36. The number of ether oxygens (including phenoxy) is 1. The van der Waals surface area contributed by atoms with E-state index in [1.165, 1.54) is 12.8 Å². The zero-order valence-electron chi connectivity index (χ0n) is 10.4. The molecule has 5 nitrogen and oxygen atoms in total. The van der Waals surface area contributed by atoms with Gasteiger partial charge in [0, 0.05) is 25.8 Å². The predicted molar refractivity (Wildman–Crippen MR) is 63.3 cm³/mol. The summed E-state index contributed by atoms with van der Waals surface area (Å²) in [6, 6.07) is 2.52. The average Bonchev–Trinajstić information content (AvgIpc) is 3.03. The number of esters is 1. The van der Waals surface area contributed by atoms with Crippen molar-refractivity contribution >= 4 is 5.97 Å². The number of nitrogens with zero attached hydrogens (tertiary/aromatic N) is 3. The first kappa shape index (κ1) is 12.1. The molecular formula is C12H19N3O2. The maximum atomic E-state index is 11.5. The first-order chi connectivity index (χ1) is 8.19. The molecule has 1 aromatic heterocycles. The lowest BCUT2D eigenvalue weighted by molar-refractivity contribution is -0.144. The van der Waals surface area contributed by atoms with Gasteiger partial charge in [-0.2, -0.15) is 5.10 Å². The summed E-state index contributed by atoms with van der Waals surface area (Å²) in [5.41, 5.74) is 1.00. The highest BCUT2D eigenvalue weighted by Gasteiger charge is 2.31. The molecule has 0 saturated heterocycles. The highest BCUT2D eigenvalue weighted by molar-refractivity contribution is 5.71. The van der Waals surface area contributed by atoms with Gasteiger partial charge in [0.2, 0.25) is 0 Å². The van der Waals surface area contributed by atoms with Gasteiger partial charge >= 0.3 is 5.97 Å². The van der Waals surface area contributed by atoms with Crippen LogP contribution in [0.1, 0.15) is 25.5 Å². The van der Waals surface area contributed by atoms with Gasteiger partial charge < -0.3 is 4.74 Å². The van der Waals surface area contributed by atoms with Crippen molar-refractivity contribution in [3.05, 3.63) is 18.0 Å². The number of aromatic nitrogens is 2. The van der Waals surface area contributed by atoms with E-state index in [0.29, 0.717) is 19.2 Å². The summed E-state index contributed by atoms with van der Waals surface area (Å²) in [5.74, 6) is -0.143. The Kier molecular flexibility index (Phi) is 3.78. The van der Waals surface area contributed by atoms with E-state index in [2.05, 4.69) is 10.00 Å². The van der Waals surface area contributed by atoms with E-state index in [0.717, 1.165) is 12.2 Å². The molecule has 17 heavy (non-hydrogen) atoms. The average molecular weight is 237 g/mol. The van der Waals surface area contributed by atoms with Crippen LogP contribution in [0.4, 0.5) is 0 Å². The molecule has 1 aliphatic carbocycles. The molecule has 0 atom stereocenters. The Labute approximate surface area is 101 Å². The monoisotopic (exact) mass is 237 g/mol. The minimum absolute atomic E-state index is 0.143. The highest BCUT2D eigenvalue weighted by atomic mass is 16.5. The minimum atomic E-state index is -0.143. The maximum absolute atomic E-state index is 11.5. The van der Waals surface area contributed by atoms with Crippen LogP contribution >= 0.6 is 0 Å². The molecule has 1 heterocycles. The topological polar surface area (TPSA) is 47.4 Å². The largest absolute Gasteiger partial charge is 0.465 e. The first-order valence-electron chi connectivity index (χ1n) is 6.07. The molecule has 1 aromatic rings. The van der Waals surface area contributed by atoms with Gasteiger partial charge in [0.1, 0.15) is 0 Å². The molecule has 0 bridgehead atoms. The summed E-state index contributed by atoms with van der Waals surface area (Å²) in [6.45, 7) is 3.37. The van der Waals surface area contributed by atoms with Crippen molar-refractivity contribution in [2.24, 2.45) is 7.05 Å². The van der Waals surface area contributed by atoms with Crippen molar-refractivity contribution in [3.8, 4) is 0 Å². The number of carbonyl (C=O) groups excluding carboxylic acids is 1. The van der Waals surface area contributed by atoms with Crippen LogP contribution in [-0.2, 0) is 23.1 Å². The van der Waals surface area contributed by atoms with Crippen LogP contribution in [0.25, 0.3) is 0 Å². The van der Waals surface area contributed by atoms with Crippen molar-refractivity contribution in [1.29, 1.82) is 0 Å². The first-order valence-corrected chi connectivity index (χ1v) is 6.07. The lowest BCUT2D eigenvalue weighted by Gasteiger charge is -2.19. The Balaban J connectivity index is 1.91. The third-order valence-corrected chi connectivity index (χ3v) is 2.83. The van der Waals surface area contributed by atoms with Gasteiger partial charge in [-0.3, -0.25) is 14.4 Å². The fourth-order valence-electron chi connectivity index (χ4n) is 1.88. The zero-order valence-corrected chi connectivity index (χ0v) is 10.4.